The van der Waals surface area contributed by atoms with E-state index in [1.165, 1.54) is 0 Å². The van der Waals surface area contributed by atoms with Crippen molar-refractivity contribution in [3.8, 4) is 0 Å². The average Bonchev–Trinajstić information content (AvgIpc) is 2.17. The highest BCUT2D eigenvalue weighted by Crippen LogP contribution is 2.04. The molecule has 5 nitrogen and oxygen atoms in total. The number of primary amides is 1. The van der Waals surface area contributed by atoms with E-state index in [-0.39, 0.29) is 30.8 Å². The zero-order chi connectivity index (χ0) is 9.84. The van der Waals surface area contributed by atoms with Crippen LogP contribution in [0.3, 0.4) is 0 Å². The summed E-state index contributed by atoms with van der Waals surface area (Å²) in [6.45, 7) is 5.96. The van der Waals surface area contributed by atoms with E-state index in [4.69, 9.17) is 11.5 Å². The first-order valence-electron chi connectivity index (χ1n) is 4.63. The van der Waals surface area contributed by atoms with Crippen molar-refractivity contribution in [2.24, 2.45) is 11.5 Å². The second-order valence-corrected chi connectivity index (χ2v) is 3.45. The third-order valence-corrected chi connectivity index (χ3v) is 2.59. The molecule has 0 aromatic rings. The topological polar surface area (TPSA) is 75.6 Å². The fraction of sp³-hybridized carbons (Fsp3) is 0.875. The average molecular weight is 259 g/mol. The molecule has 92 valence electrons. The zero-order valence-electron chi connectivity index (χ0n) is 8.89. The molecular formula is C8H20Cl2N4O. The largest absolute Gasteiger partial charge is 0.351 e. The van der Waals surface area contributed by atoms with E-state index < -0.39 is 0 Å². The van der Waals surface area contributed by atoms with E-state index in [9.17, 15) is 4.79 Å². The van der Waals surface area contributed by atoms with Gasteiger partial charge < -0.3 is 16.4 Å². The first kappa shape index (κ1) is 17.2. The molecule has 1 rings (SSSR count). The molecular weight excluding hydrogens is 239 g/mol. The summed E-state index contributed by atoms with van der Waals surface area (Å²) < 4.78 is 0. The van der Waals surface area contributed by atoms with Gasteiger partial charge in [-0.2, -0.15) is 0 Å². The highest BCUT2D eigenvalue weighted by molar-refractivity contribution is 5.85. The second kappa shape index (κ2) is 7.98. The van der Waals surface area contributed by atoms with Gasteiger partial charge in [0.1, 0.15) is 0 Å². The zero-order valence-corrected chi connectivity index (χ0v) is 10.5. The first-order valence-corrected chi connectivity index (χ1v) is 4.63. The van der Waals surface area contributed by atoms with Crippen LogP contribution >= 0.6 is 24.8 Å². The fourth-order valence-electron chi connectivity index (χ4n) is 1.53. The summed E-state index contributed by atoms with van der Waals surface area (Å²) in [5.41, 5.74) is 10.7. The minimum atomic E-state index is -0.319. The molecule has 0 spiro atoms. The molecule has 15 heavy (non-hydrogen) atoms. The van der Waals surface area contributed by atoms with E-state index in [1.54, 1.807) is 4.90 Å². The van der Waals surface area contributed by atoms with Gasteiger partial charge >= 0.3 is 6.03 Å². The van der Waals surface area contributed by atoms with Crippen LogP contribution in [0.2, 0.25) is 0 Å². The summed E-state index contributed by atoms with van der Waals surface area (Å²) in [6.07, 6.45) is 0. The maximum atomic E-state index is 10.8. The Hall–Kier alpha value is -0.230. The van der Waals surface area contributed by atoms with Gasteiger partial charge in [0.15, 0.2) is 0 Å². The van der Waals surface area contributed by atoms with Gasteiger partial charge in [0.2, 0.25) is 0 Å². The van der Waals surface area contributed by atoms with E-state index in [0.29, 0.717) is 12.6 Å². The maximum Gasteiger partial charge on any atom is 0.314 e. The molecule has 0 saturated carbocycles. The molecule has 2 amide bonds. The van der Waals surface area contributed by atoms with Crippen LogP contribution in [0.4, 0.5) is 4.79 Å². The molecule has 7 heteroatoms. The monoisotopic (exact) mass is 258 g/mol. The summed E-state index contributed by atoms with van der Waals surface area (Å²) in [7, 11) is 0. The molecule has 1 fully saturated rings. The highest BCUT2D eigenvalue weighted by atomic mass is 35.5. The number of carbonyl (C=O) groups is 1. The van der Waals surface area contributed by atoms with Crippen molar-refractivity contribution in [1.29, 1.82) is 0 Å². The number of amides is 2. The van der Waals surface area contributed by atoms with Crippen LogP contribution in [0.5, 0.6) is 0 Å². The summed E-state index contributed by atoms with van der Waals surface area (Å²) in [5.74, 6) is 0. The fourth-order valence-corrected chi connectivity index (χ4v) is 1.53. The van der Waals surface area contributed by atoms with Gasteiger partial charge in [-0.25, -0.2) is 4.79 Å². The number of rotatable bonds is 2. The number of carbonyl (C=O) groups excluding carboxylic acids is 1. The van der Waals surface area contributed by atoms with Crippen molar-refractivity contribution < 1.29 is 4.79 Å². The summed E-state index contributed by atoms with van der Waals surface area (Å²) in [4.78, 5) is 14.7. The normalized spacial score (nSPS) is 18.7. The highest BCUT2D eigenvalue weighted by Gasteiger charge is 2.21. The Labute approximate surface area is 103 Å². The first-order chi connectivity index (χ1) is 6.15. The molecule has 0 radical (unpaired) electrons. The molecule has 1 aliphatic rings. The maximum absolute atomic E-state index is 10.8. The SMILES string of the molecule is CC(CN)N1CCN(C(N)=O)CC1.Cl.Cl. The standard InChI is InChI=1S/C8H18N4O.2ClH/c1-7(6-9)11-2-4-12(5-3-11)8(10)13;;/h7H,2-6,9H2,1H3,(H2,10,13);2*1H. The Balaban J connectivity index is 0. The molecule has 1 saturated heterocycles. The van der Waals surface area contributed by atoms with Crippen molar-refractivity contribution in [2.75, 3.05) is 32.7 Å². The Kier molecular flexibility index (Phi) is 9.14. The third-order valence-electron chi connectivity index (χ3n) is 2.59. The van der Waals surface area contributed by atoms with Crippen LogP contribution in [0.15, 0.2) is 0 Å². The Morgan fingerprint density at radius 2 is 1.73 bits per heavy atom. The van der Waals surface area contributed by atoms with Gasteiger partial charge in [0, 0.05) is 38.8 Å². The van der Waals surface area contributed by atoms with Crippen LogP contribution in [0.1, 0.15) is 6.92 Å². The molecule has 0 aromatic heterocycles. The van der Waals surface area contributed by atoms with Crippen LogP contribution < -0.4 is 11.5 Å². The van der Waals surface area contributed by atoms with E-state index >= 15 is 0 Å². The van der Waals surface area contributed by atoms with E-state index in [1.807, 2.05) is 0 Å². The van der Waals surface area contributed by atoms with Gasteiger partial charge in [-0.3, -0.25) is 4.90 Å². The molecule has 1 unspecified atom stereocenters. The smallest absolute Gasteiger partial charge is 0.314 e. The molecule has 1 aliphatic heterocycles. The van der Waals surface area contributed by atoms with Crippen LogP contribution in [-0.4, -0.2) is 54.6 Å². The lowest BCUT2D eigenvalue weighted by atomic mass is 10.2. The number of halogens is 2. The number of piperazine rings is 1. The predicted molar refractivity (Wildman–Crippen MR) is 65.7 cm³/mol. The third kappa shape index (κ3) is 4.88. The quantitative estimate of drug-likeness (QED) is 0.725. The minimum Gasteiger partial charge on any atom is -0.351 e. The van der Waals surface area contributed by atoms with Crippen molar-refractivity contribution in [3.05, 3.63) is 0 Å². The van der Waals surface area contributed by atoms with Gasteiger partial charge in [-0.15, -0.1) is 24.8 Å². The molecule has 0 aliphatic carbocycles. The molecule has 4 N–H and O–H groups in total. The van der Waals surface area contributed by atoms with Gasteiger partial charge in [-0.1, -0.05) is 0 Å². The van der Waals surface area contributed by atoms with Gasteiger partial charge in [0.05, 0.1) is 0 Å². The minimum absolute atomic E-state index is 0. The molecule has 0 bridgehead atoms. The predicted octanol–water partition coefficient (Wildman–Crippen LogP) is -0.127. The Bertz CT molecular complexity index is 185. The van der Waals surface area contributed by atoms with Crippen molar-refractivity contribution in [1.82, 2.24) is 9.80 Å². The lowest BCUT2D eigenvalue weighted by Gasteiger charge is -2.36. The second-order valence-electron chi connectivity index (χ2n) is 3.45. The number of nitrogens with two attached hydrogens (primary N) is 2. The number of nitrogens with zero attached hydrogens (tertiary/aromatic N) is 2. The Morgan fingerprint density at radius 1 is 1.27 bits per heavy atom. The van der Waals surface area contributed by atoms with Crippen LogP contribution in [0.25, 0.3) is 0 Å². The van der Waals surface area contributed by atoms with Crippen molar-refractivity contribution in [2.45, 2.75) is 13.0 Å². The lowest BCUT2D eigenvalue weighted by molar-refractivity contribution is 0.120. The van der Waals surface area contributed by atoms with Crippen LogP contribution in [0, 0.1) is 0 Å². The molecule has 1 heterocycles. The van der Waals surface area contributed by atoms with Crippen LogP contribution in [-0.2, 0) is 0 Å². The van der Waals surface area contributed by atoms with Crippen molar-refractivity contribution >= 4 is 30.8 Å². The molecule has 0 aromatic carbocycles. The lowest BCUT2D eigenvalue weighted by Crippen LogP contribution is -2.53. The number of urea groups is 1. The van der Waals surface area contributed by atoms with Crippen molar-refractivity contribution in [3.63, 3.8) is 0 Å². The summed E-state index contributed by atoms with van der Waals surface area (Å²) in [5, 5.41) is 0. The van der Waals surface area contributed by atoms with Gasteiger partial charge in [0.25, 0.3) is 0 Å². The van der Waals surface area contributed by atoms with Gasteiger partial charge in [-0.05, 0) is 6.92 Å². The van der Waals surface area contributed by atoms with E-state index in [0.717, 1.165) is 26.2 Å². The molecule has 1 atom stereocenters. The number of hydrogen-bond acceptors (Lipinski definition) is 3. The summed E-state index contributed by atoms with van der Waals surface area (Å²) >= 11 is 0. The Morgan fingerprint density at radius 3 is 2.07 bits per heavy atom. The number of hydrogen-bond donors (Lipinski definition) is 2. The summed E-state index contributed by atoms with van der Waals surface area (Å²) in [6, 6.07) is 0.0788. The van der Waals surface area contributed by atoms with E-state index in [2.05, 4.69) is 11.8 Å².